The second-order valence-corrected chi connectivity index (χ2v) is 10.5. The van der Waals surface area contributed by atoms with Gasteiger partial charge < -0.3 is 15.1 Å². The van der Waals surface area contributed by atoms with Crippen LogP contribution < -0.4 is 15.8 Å². The number of aromatic nitrogens is 4. The lowest BCUT2D eigenvalue weighted by Crippen LogP contribution is -2.44. The molecule has 0 radical (unpaired) electrons. The molecule has 6 rings (SSSR count). The zero-order valence-corrected chi connectivity index (χ0v) is 22.0. The van der Waals surface area contributed by atoms with Crippen molar-refractivity contribution in [1.82, 2.24) is 24.6 Å². The minimum Gasteiger partial charge on any atom is -0.369 e. The molecule has 1 aliphatic heterocycles. The van der Waals surface area contributed by atoms with Gasteiger partial charge in [0.2, 0.25) is 5.95 Å². The summed E-state index contributed by atoms with van der Waals surface area (Å²) in [6.07, 6.45) is 4.68. The van der Waals surface area contributed by atoms with Crippen molar-refractivity contribution in [3.8, 4) is 5.69 Å². The van der Waals surface area contributed by atoms with Crippen molar-refractivity contribution in [1.29, 1.82) is 0 Å². The Kier molecular flexibility index (Phi) is 6.48. The molecule has 0 spiro atoms. The summed E-state index contributed by atoms with van der Waals surface area (Å²) in [5.41, 5.74) is 3.45. The lowest BCUT2D eigenvalue weighted by atomic mass is 9.82. The van der Waals surface area contributed by atoms with Gasteiger partial charge >= 0.3 is 0 Å². The van der Waals surface area contributed by atoms with Crippen LogP contribution in [-0.4, -0.2) is 57.9 Å². The van der Waals surface area contributed by atoms with Crippen molar-refractivity contribution in [2.45, 2.75) is 25.2 Å². The lowest BCUT2D eigenvalue weighted by molar-refractivity contribution is 0.313. The number of para-hydroxylation sites is 1. The number of anilines is 3. The number of nitrogens with one attached hydrogen (secondary N) is 1. The van der Waals surface area contributed by atoms with Gasteiger partial charge in [0.25, 0.3) is 5.56 Å². The van der Waals surface area contributed by atoms with E-state index in [1.54, 1.807) is 24.4 Å². The SMILES string of the molecule is CN1CCN(c2ccc(Nc3ncc4c(=O)n(-c5c(Cl)cccc5Cl)nc(C5CCC5)c4n3)cc2)CC1. The first-order valence-electron chi connectivity index (χ1n) is 12.5. The zero-order chi connectivity index (χ0) is 25.5. The lowest BCUT2D eigenvalue weighted by Gasteiger charge is -2.34. The van der Waals surface area contributed by atoms with E-state index >= 15 is 0 Å². The van der Waals surface area contributed by atoms with Gasteiger partial charge in [-0.25, -0.2) is 9.97 Å². The highest BCUT2D eigenvalue weighted by atomic mass is 35.5. The summed E-state index contributed by atoms with van der Waals surface area (Å²) in [4.78, 5) is 27.4. The van der Waals surface area contributed by atoms with E-state index in [-0.39, 0.29) is 11.5 Å². The smallest absolute Gasteiger partial charge is 0.282 e. The van der Waals surface area contributed by atoms with Gasteiger partial charge in [-0.05, 0) is 56.3 Å². The number of hydrogen-bond donors (Lipinski definition) is 1. The maximum Gasteiger partial charge on any atom is 0.282 e. The Morgan fingerprint density at radius 2 is 1.68 bits per heavy atom. The third kappa shape index (κ3) is 4.65. The van der Waals surface area contributed by atoms with Crippen LogP contribution in [0.25, 0.3) is 16.6 Å². The number of rotatable bonds is 5. The fraction of sp³-hybridized carbons (Fsp3) is 0.333. The average molecular weight is 536 g/mol. The molecule has 4 aromatic rings. The van der Waals surface area contributed by atoms with Gasteiger partial charge in [-0.15, -0.1) is 0 Å². The molecule has 37 heavy (non-hydrogen) atoms. The fourth-order valence-electron chi connectivity index (χ4n) is 4.86. The van der Waals surface area contributed by atoms with Crippen LogP contribution in [0.2, 0.25) is 10.0 Å². The van der Waals surface area contributed by atoms with Crippen LogP contribution in [0.1, 0.15) is 30.9 Å². The molecular weight excluding hydrogens is 509 g/mol. The van der Waals surface area contributed by atoms with Crippen molar-refractivity contribution < 1.29 is 0 Å². The Balaban J connectivity index is 1.34. The molecule has 2 aromatic heterocycles. The van der Waals surface area contributed by atoms with Crippen molar-refractivity contribution in [3.05, 3.63) is 74.8 Å². The highest BCUT2D eigenvalue weighted by molar-refractivity contribution is 6.37. The molecule has 0 bridgehead atoms. The van der Waals surface area contributed by atoms with E-state index in [9.17, 15) is 4.79 Å². The predicted molar refractivity (Wildman–Crippen MR) is 149 cm³/mol. The largest absolute Gasteiger partial charge is 0.369 e. The number of piperazine rings is 1. The van der Waals surface area contributed by atoms with Crippen molar-refractivity contribution >= 4 is 51.4 Å². The van der Waals surface area contributed by atoms with Crippen LogP contribution in [0.4, 0.5) is 17.3 Å². The zero-order valence-electron chi connectivity index (χ0n) is 20.5. The highest BCUT2D eigenvalue weighted by Gasteiger charge is 2.27. The highest BCUT2D eigenvalue weighted by Crippen LogP contribution is 2.38. The van der Waals surface area contributed by atoms with E-state index in [4.69, 9.17) is 33.3 Å². The van der Waals surface area contributed by atoms with E-state index in [0.717, 1.165) is 56.8 Å². The molecule has 8 nitrogen and oxygen atoms in total. The van der Waals surface area contributed by atoms with Crippen LogP contribution in [0.3, 0.4) is 0 Å². The number of benzene rings is 2. The standard InChI is InChI=1S/C27H27Cl2N7O/c1-34-12-14-35(15-13-34)19-10-8-18(9-11-19)31-27-30-16-20-24(32-27)23(17-4-2-5-17)33-36(26(20)37)25-21(28)6-3-7-22(25)29/h3,6-11,16-17H,2,4-5,12-15H2,1H3,(H,30,31,32). The topological polar surface area (TPSA) is 79.2 Å². The van der Waals surface area contributed by atoms with Crippen LogP contribution >= 0.6 is 23.2 Å². The molecule has 1 saturated carbocycles. The van der Waals surface area contributed by atoms with Crippen LogP contribution in [0.5, 0.6) is 0 Å². The fourth-order valence-corrected chi connectivity index (χ4v) is 5.41. The third-order valence-electron chi connectivity index (χ3n) is 7.29. The Morgan fingerprint density at radius 1 is 0.973 bits per heavy atom. The monoisotopic (exact) mass is 535 g/mol. The minimum atomic E-state index is -0.351. The van der Waals surface area contributed by atoms with Gasteiger partial charge in [0.1, 0.15) is 11.2 Å². The molecule has 2 fully saturated rings. The number of likely N-dealkylation sites (N-methyl/N-ethyl adjacent to an activating group) is 1. The molecule has 2 aromatic carbocycles. The van der Waals surface area contributed by atoms with Gasteiger partial charge in [0, 0.05) is 49.7 Å². The third-order valence-corrected chi connectivity index (χ3v) is 7.90. The first kappa shape index (κ1) is 24.2. The van der Waals surface area contributed by atoms with E-state index < -0.39 is 0 Å². The van der Waals surface area contributed by atoms with Gasteiger partial charge in [-0.3, -0.25) is 4.79 Å². The number of hydrogen-bond acceptors (Lipinski definition) is 7. The normalized spacial score (nSPS) is 16.7. The van der Waals surface area contributed by atoms with E-state index in [1.807, 2.05) is 12.1 Å². The Morgan fingerprint density at radius 3 is 2.32 bits per heavy atom. The van der Waals surface area contributed by atoms with Gasteiger partial charge in [0.05, 0.1) is 21.1 Å². The Bertz CT molecular complexity index is 1490. The Hall–Kier alpha value is -3.20. The molecule has 1 N–H and O–H groups in total. The summed E-state index contributed by atoms with van der Waals surface area (Å²) in [5, 5.41) is 9.15. The number of halogens is 2. The van der Waals surface area contributed by atoms with Gasteiger partial charge in [-0.1, -0.05) is 35.7 Å². The van der Waals surface area contributed by atoms with Crippen LogP contribution in [0.15, 0.2) is 53.5 Å². The molecule has 1 saturated heterocycles. The van der Waals surface area contributed by atoms with Crippen molar-refractivity contribution in [3.63, 3.8) is 0 Å². The summed E-state index contributed by atoms with van der Waals surface area (Å²) < 4.78 is 1.30. The quantitative estimate of drug-likeness (QED) is 0.374. The summed E-state index contributed by atoms with van der Waals surface area (Å²) in [7, 11) is 2.15. The molecule has 0 atom stereocenters. The van der Waals surface area contributed by atoms with Crippen LogP contribution in [-0.2, 0) is 0 Å². The number of fused-ring (bicyclic) bond motifs is 1. The van der Waals surface area contributed by atoms with Gasteiger partial charge in [0.15, 0.2) is 0 Å². The van der Waals surface area contributed by atoms with E-state index in [1.165, 1.54) is 10.4 Å². The second kappa shape index (κ2) is 9.93. The molecule has 0 unspecified atom stereocenters. The second-order valence-electron chi connectivity index (χ2n) is 9.72. The van der Waals surface area contributed by atoms with Crippen LogP contribution in [0, 0.1) is 0 Å². The molecule has 1 aliphatic carbocycles. The Labute approximate surface area is 224 Å². The van der Waals surface area contributed by atoms with Crippen molar-refractivity contribution in [2.75, 3.05) is 43.4 Å². The molecular formula is C27H27Cl2N7O. The summed E-state index contributed by atoms with van der Waals surface area (Å²) in [6.45, 7) is 4.16. The van der Waals surface area contributed by atoms with E-state index in [2.05, 4.69) is 39.3 Å². The molecule has 2 aliphatic rings. The first-order valence-corrected chi connectivity index (χ1v) is 13.3. The average Bonchev–Trinajstić information content (AvgIpc) is 2.86. The molecule has 10 heteroatoms. The first-order chi connectivity index (χ1) is 18.0. The maximum atomic E-state index is 13.5. The molecule has 0 amide bonds. The summed E-state index contributed by atoms with van der Waals surface area (Å²) in [5.74, 6) is 0.649. The minimum absolute atomic E-state index is 0.223. The molecule has 190 valence electrons. The summed E-state index contributed by atoms with van der Waals surface area (Å²) >= 11 is 12.8. The maximum absolute atomic E-state index is 13.5. The predicted octanol–water partition coefficient (Wildman–Crippen LogP) is 5.25. The molecule has 3 heterocycles. The van der Waals surface area contributed by atoms with Gasteiger partial charge in [-0.2, -0.15) is 9.78 Å². The number of nitrogens with zero attached hydrogens (tertiary/aromatic N) is 6. The van der Waals surface area contributed by atoms with Crippen molar-refractivity contribution in [2.24, 2.45) is 0 Å². The van der Waals surface area contributed by atoms with E-state index in [0.29, 0.717) is 32.6 Å². The summed E-state index contributed by atoms with van der Waals surface area (Å²) in [6, 6.07) is 13.4.